The van der Waals surface area contributed by atoms with Gasteiger partial charge in [0, 0.05) is 25.5 Å². The highest BCUT2D eigenvalue weighted by molar-refractivity contribution is 5.21. The third kappa shape index (κ3) is 2.97. The van der Waals surface area contributed by atoms with E-state index in [1.165, 1.54) is 11.1 Å². The molecule has 2 nitrogen and oxygen atoms in total. The predicted molar refractivity (Wildman–Crippen MR) is 78.3 cm³/mol. The minimum absolute atomic E-state index is 0.370. The maximum Gasteiger partial charge on any atom is 0.0683 e. The summed E-state index contributed by atoms with van der Waals surface area (Å²) in [6.45, 7) is 1.96. The van der Waals surface area contributed by atoms with Gasteiger partial charge in [0.05, 0.1) is 6.04 Å². The summed E-state index contributed by atoms with van der Waals surface area (Å²) in [6.07, 6.45) is 4.18. The summed E-state index contributed by atoms with van der Waals surface area (Å²) in [5, 5.41) is 3.43. The summed E-state index contributed by atoms with van der Waals surface area (Å²) < 4.78 is 0. The number of rotatable bonds is 3. The number of hydrogen-bond acceptors (Lipinski definition) is 2. The first kappa shape index (κ1) is 11.8. The summed E-state index contributed by atoms with van der Waals surface area (Å²) >= 11 is 0. The smallest absolute Gasteiger partial charge is 0.0683 e. The van der Waals surface area contributed by atoms with Gasteiger partial charge in [0.15, 0.2) is 0 Å². The Kier molecular flexibility index (Phi) is 3.50. The van der Waals surface area contributed by atoms with Crippen LogP contribution >= 0.6 is 0 Å². The first-order valence-corrected chi connectivity index (χ1v) is 6.67. The second-order valence-electron chi connectivity index (χ2n) is 4.86. The van der Waals surface area contributed by atoms with E-state index in [-0.39, 0.29) is 0 Å². The maximum absolute atomic E-state index is 3.43. The van der Waals surface area contributed by atoms with Crippen LogP contribution in [0.1, 0.15) is 17.2 Å². The molecule has 2 heteroatoms. The van der Waals surface area contributed by atoms with E-state index in [1.807, 2.05) is 6.20 Å². The summed E-state index contributed by atoms with van der Waals surface area (Å²) in [4.78, 5) is 2.35. The Bertz CT molecular complexity index is 534. The first-order valence-electron chi connectivity index (χ1n) is 6.67. The monoisotopic (exact) mass is 250 g/mol. The number of nitrogens with zero attached hydrogens (tertiary/aromatic N) is 1. The molecule has 19 heavy (non-hydrogen) atoms. The molecule has 1 N–H and O–H groups in total. The summed E-state index contributed by atoms with van der Waals surface area (Å²) in [6, 6.07) is 21.6. The van der Waals surface area contributed by atoms with Crippen LogP contribution in [0.4, 0.5) is 0 Å². The first-order chi connectivity index (χ1) is 9.42. The highest BCUT2D eigenvalue weighted by Crippen LogP contribution is 2.18. The van der Waals surface area contributed by atoms with E-state index in [4.69, 9.17) is 0 Å². The van der Waals surface area contributed by atoms with Crippen molar-refractivity contribution in [3.8, 4) is 0 Å². The van der Waals surface area contributed by atoms with Gasteiger partial charge >= 0.3 is 0 Å². The summed E-state index contributed by atoms with van der Waals surface area (Å²) in [7, 11) is 0. The molecule has 0 saturated carbocycles. The molecule has 0 aliphatic carbocycles. The van der Waals surface area contributed by atoms with Crippen LogP contribution in [0.5, 0.6) is 0 Å². The van der Waals surface area contributed by atoms with E-state index in [2.05, 4.69) is 77.1 Å². The van der Waals surface area contributed by atoms with E-state index in [0.717, 1.165) is 13.1 Å². The molecule has 1 aliphatic rings. The van der Waals surface area contributed by atoms with E-state index in [0.29, 0.717) is 6.04 Å². The molecule has 3 rings (SSSR count). The molecular formula is C17H18N2. The quantitative estimate of drug-likeness (QED) is 0.899. The van der Waals surface area contributed by atoms with Gasteiger partial charge in [-0.25, -0.2) is 0 Å². The van der Waals surface area contributed by atoms with Crippen LogP contribution in [0.3, 0.4) is 0 Å². The largest absolute Gasteiger partial charge is 0.381 e. The van der Waals surface area contributed by atoms with Gasteiger partial charge in [0.2, 0.25) is 0 Å². The minimum atomic E-state index is 0.370. The molecule has 0 fully saturated rings. The standard InChI is InChI=1S/C17H18N2/c1-3-7-15(8-4-1)13-19-12-11-18-17(14-19)16-9-5-2-6-10-16/h1-12,17-18H,13-14H2/t17-/m1/s1. The van der Waals surface area contributed by atoms with Crippen molar-refractivity contribution in [1.29, 1.82) is 0 Å². The van der Waals surface area contributed by atoms with Crippen molar-refractivity contribution < 1.29 is 0 Å². The lowest BCUT2D eigenvalue weighted by Crippen LogP contribution is -2.34. The van der Waals surface area contributed by atoms with Crippen LogP contribution in [0.25, 0.3) is 0 Å². The van der Waals surface area contributed by atoms with Gasteiger partial charge in [-0.2, -0.15) is 0 Å². The van der Waals surface area contributed by atoms with E-state index in [9.17, 15) is 0 Å². The zero-order valence-corrected chi connectivity index (χ0v) is 10.9. The van der Waals surface area contributed by atoms with Gasteiger partial charge in [-0.15, -0.1) is 0 Å². The highest BCUT2D eigenvalue weighted by Gasteiger charge is 2.16. The average molecular weight is 250 g/mol. The van der Waals surface area contributed by atoms with Crippen molar-refractivity contribution in [3.63, 3.8) is 0 Å². The van der Waals surface area contributed by atoms with Crippen molar-refractivity contribution in [1.82, 2.24) is 10.2 Å². The van der Waals surface area contributed by atoms with Crippen molar-refractivity contribution >= 4 is 0 Å². The molecule has 0 aromatic heterocycles. The van der Waals surface area contributed by atoms with Crippen LogP contribution in [-0.4, -0.2) is 11.4 Å². The fourth-order valence-corrected chi connectivity index (χ4v) is 2.43. The zero-order chi connectivity index (χ0) is 12.9. The number of benzene rings is 2. The van der Waals surface area contributed by atoms with Crippen LogP contribution in [0.2, 0.25) is 0 Å². The molecule has 2 aromatic carbocycles. The number of nitrogens with one attached hydrogen (secondary N) is 1. The topological polar surface area (TPSA) is 15.3 Å². The molecule has 1 aliphatic heterocycles. The zero-order valence-electron chi connectivity index (χ0n) is 10.9. The van der Waals surface area contributed by atoms with Gasteiger partial charge < -0.3 is 10.2 Å². The second kappa shape index (κ2) is 5.61. The minimum Gasteiger partial charge on any atom is -0.381 e. The molecule has 0 radical (unpaired) electrons. The molecular weight excluding hydrogens is 232 g/mol. The molecule has 1 heterocycles. The molecule has 0 saturated heterocycles. The van der Waals surface area contributed by atoms with Crippen molar-refractivity contribution in [2.24, 2.45) is 0 Å². The third-order valence-corrected chi connectivity index (χ3v) is 3.43. The van der Waals surface area contributed by atoms with Gasteiger partial charge in [-0.1, -0.05) is 60.7 Å². The molecule has 2 aromatic rings. The molecule has 96 valence electrons. The fourth-order valence-electron chi connectivity index (χ4n) is 2.43. The Morgan fingerprint density at radius 2 is 1.63 bits per heavy atom. The fraction of sp³-hybridized carbons (Fsp3) is 0.176. The third-order valence-electron chi connectivity index (χ3n) is 3.43. The van der Waals surface area contributed by atoms with Crippen molar-refractivity contribution in [2.45, 2.75) is 12.6 Å². The lowest BCUT2D eigenvalue weighted by atomic mass is 10.1. The van der Waals surface area contributed by atoms with Gasteiger partial charge in [0.25, 0.3) is 0 Å². The highest BCUT2D eigenvalue weighted by atomic mass is 15.2. The van der Waals surface area contributed by atoms with Gasteiger partial charge in [-0.3, -0.25) is 0 Å². The Hall–Kier alpha value is -2.22. The average Bonchev–Trinajstić information content (AvgIpc) is 2.49. The SMILES string of the molecule is C1=CN(Cc2ccccc2)C[C@H](c2ccccc2)N1. The van der Waals surface area contributed by atoms with Crippen LogP contribution in [0, 0.1) is 0 Å². The van der Waals surface area contributed by atoms with E-state index >= 15 is 0 Å². The van der Waals surface area contributed by atoms with E-state index in [1.54, 1.807) is 0 Å². The Morgan fingerprint density at radius 3 is 2.37 bits per heavy atom. The molecule has 0 unspecified atom stereocenters. The van der Waals surface area contributed by atoms with Crippen molar-refractivity contribution in [2.75, 3.05) is 6.54 Å². The Morgan fingerprint density at radius 1 is 0.947 bits per heavy atom. The lowest BCUT2D eigenvalue weighted by molar-refractivity contribution is 0.306. The molecule has 1 atom stereocenters. The van der Waals surface area contributed by atoms with Crippen molar-refractivity contribution in [3.05, 3.63) is 84.2 Å². The van der Waals surface area contributed by atoms with Gasteiger partial charge in [-0.05, 0) is 11.1 Å². The Balaban J connectivity index is 1.69. The molecule has 0 bridgehead atoms. The summed E-state index contributed by atoms with van der Waals surface area (Å²) in [5.74, 6) is 0. The molecule has 0 amide bonds. The lowest BCUT2D eigenvalue weighted by Gasteiger charge is -2.31. The normalized spacial score (nSPS) is 18.1. The maximum atomic E-state index is 3.43. The summed E-state index contributed by atoms with van der Waals surface area (Å²) in [5.41, 5.74) is 2.69. The van der Waals surface area contributed by atoms with Crippen LogP contribution in [-0.2, 0) is 6.54 Å². The number of hydrogen-bond donors (Lipinski definition) is 1. The predicted octanol–water partition coefficient (Wildman–Crippen LogP) is 3.30. The van der Waals surface area contributed by atoms with Crippen LogP contribution < -0.4 is 5.32 Å². The second-order valence-corrected chi connectivity index (χ2v) is 4.86. The van der Waals surface area contributed by atoms with E-state index < -0.39 is 0 Å². The molecule has 0 spiro atoms. The van der Waals surface area contributed by atoms with Gasteiger partial charge in [0.1, 0.15) is 0 Å². The van der Waals surface area contributed by atoms with Crippen LogP contribution in [0.15, 0.2) is 73.1 Å². The Labute approximate surface area is 114 Å².